The smallest absolute Gasteiger partial charge is 0.183 e. The summed E-state index contributed by atoms with van der Waals surface area (Å²) in [5.41, 5.74) is 4.08. The number of nitrogens with one attached hydrogen (secondary N) is 1. The number of rotatable bonds is 1. The molecule has 1 N–H and O–H groups in total. The van der Waals surface area contributed by atoms with Gasteiger partial charge in [-0.3, -0.25) is 4.57 Å². The fourth-order valence-corrected chi connectivity index (χ4v) is 2.18. The Labute approximate surface area is 104 Å². The molecule has 2 aromatic heterocycles. The van der Waals surface area contributed by atoms with Crippen molar-refractivity contribution in [3.8, 4) is 5.69 Å². The van der Waals surface area contributed by atoms with Crippen LogP contribution in [0.1, 0.15) is 5.56 Å². The molecule has 0 unspecified atom stereocenters. The summed E-state index contributed by atoms with van der Waals surface area (Å²) in [5.74, 6) is 0. The van der Waals surface area contributed by atoms with Gasteiger partial charge in [-0.05, 0) is 43.4 Å². The number of H-pyrrole nitrogens is 1. The van der Waals surface area contributed by atoms with Gasteiger partial charge in [-0.25, -0.2) is 4.98 Å². The van der Waals surface area contributed by atoms with Gasteiger partial charge in [0.25, 0.3) is 0 Å². The van der Waals surface area contributed by atoms with Crippen LogP contribution in [0.3, 0.4) is 0 Å². The summed E-state index contributed by atoms with van der Waals surface area (Å²) in [6.07, 6.45) is 1.77. The lowest BCUT2D eigenvalue weighted by atomic mass is 10.2. The van der Waals surface area contributed by atoms with E-state index < -0.39 is 0 Å². The van der Waals surface area contributed by atoms with Crippen LogP contribution in [-0.4, -0.2) is 14.5 Å². The number of aryl methyl sites for hydroxylation is 1. The lowest BCUT2D eigenvalue weighted by molar-refractivity contribution is 1.04. The molecule has 3 aromatic rings. The molecule has 0 aliphatic heterocycles. The van der Waals surface area contributed by atoms with E-state index in [0.29, 0.717) is 4.77 Å². The lowest BCUT2D eigenvalue weighted by Gasteiger charge is -2.03. The third-order valence-corrected chi connectivity index (χ3v) is 3.02. The first-order chi connectivity index (χ1) is 8.25. The first-order valence-corrected chi connectivity index (χ1v) is 5.79. The van der Waals surface area contributed by atoms with E-state index in [2.05, 4.69) is 29.0 Å². The molecule has 0 spiro atoms. The Kier molecular flexibility index (Phi) is 2.30. The highest BCUT2D eigenvalue weighted by atomic mass is 32.1. The van der Waals surface area contributed by atoms with Gasteiger partial charge in [0, 0.05) is 11.9 Å². The summed E-state index contributed by atoms with van der Waals surface area (Å²) in [5, 5.41) is 0. The van der Waals surface area contributed by atoms with Crippen molar-refractivity contribution in [3.63, 3.8) is 0 Å². The van der Waals surface area contributed by atoms with Crippen LogP contribution in [0.15, 0.2) is 42.6 Å². The summed E-state index contributed by atoms with van der Waals surface area (Å²) in [4.78, 5) is 7.52. The largest absolute Gasteiger partial charge is 0.329 e. The molecule has 1 aromatic carbocycles. The maximum Gasteiger partial charge on any atom is 0.183 e. The molecule has 0 aliphatic rings. The third-order valence-electron chi connectivity index (χ3n) is 2.74. The maximum absolute atomic E-state index is 5.34. The van der Waals surface area contributed by atoms with E-state index in [9.17, 15) is 0 Å². The predicted molar refractivity (Wildman–Crippen MR) is 71.0 cm³/mol. The van der Waals surface area contributed by atoms with Crippen molar-refractivity contribution in [1.29, 1.82) is 0 Å². The van der Waals surface area contributed by atoms with Gasteiger partial charge in [-0.15, -0.1) is 0 Å². The van der Waals surface area contributed by atoms with Crippen molar-refractivity contribution in [1.82, 2.24) is 14.5 Å². The van der Waals surface area contributed by atoms with E-state index in [4.69, 9.17) is 12.2 Å². The molecule has 2 heterocycles. The van der Waals surface area contributed by atoms with Crippen LogP contribution in [0.25, 0.3) is 16.9 Å². The molecular weight excluding hydrogens is 230 g/mol. The van der Waals surface area contributed by atoms with Crippen molar-refractivity contribution < 1.29 is 0 Å². The minimum Gasteiger partial charge on any atom is -0.329 e. The highest BCUT2D eigenvalue weighted by Crippen LogP contribution is 2.17. The SMILES string of the molecule is Cc1ccc(-n2c(=S)[nH]c3cccnc32)cc1. The molecule has 0 fully saturated rings. The Hall–Kier alpha value is -1.94. The Morgan fingerprint density at radius 2 is 1.94 bits per heavy atom. The molecule has 0 atom stereocenters. The van der Waals surface area contributed by atoms with Crippen molar-refractivity contribution in [2.24, 2.45) is 0 Å². The monoisotopic (exact) mass is 241 g/mol. The average molecular weight is 241 g/mol. The van der Waals surface area contributed by atoms with Crippen molar-refractivity contribution >= 4 is 23.4 Å². The van der Waals surface area contributed by atoms with Gasteiger partial charge in [-0.1, -0.05) is 17.7 Å². The highest BCUT2D eigenvalue weighted by molar-refractivity contribution is 7.71. The second-order valence-electron chi connectivity index (χ2n) is 3.98. The van der Waals surface area contributed by atoms with Crippen LogP contribution >= 0.6 is 12.2 Å². The van der Waals surface area contributed by atoms with E-state index in [1.807, 2.05) is 28.8 Å². The predicted octanol–water partition coefficient (Wildman–Crippen LogP) is 3.39. The number of aromatic amines is 1. The van der Waals surface area contributed by atoms with E-state index in [-0.39, 0.29) is 0 Å². The Bertz CT molecular complexity index is 722. The standard InChI is InChI=1S/C13H11N3S/c1-9-4-6-10(7-5-9)16-12-11(15-13(16)17)3-2-8-14-12/h2-8H,1H3,(H,15,17). The van der Waals surface area contributed by atoms with Crippen LogP contribution < -0.4 is 0 Å². The molecule has 84 valence electrons. The van der Waals surface area contributed by atoms with Gasteiger partial charge in [0.2, 0.25) is 0 Å². The van der Waals surface area contributed by atoms with Crippen LogP contribution in [0.2, 0.25) is 0 Å². The van der Waals surface area contributed by atoms with Gasteiger partial charge in [0.15, 0.2) is 10.4 Å². The summed E-state index contributed by atoms with van der Waals surface area (Å²) >= 11 is 5.34. The van der Waals surface area contributed by atoms with E-state index in [1.165, 1.54) is 5.56 Å². The van der Waals surface area contributed by atoms with E-state index in [0.717, 1.165) is 16.9 Å². The molecule has 0 saturated heterocycles. The fraction of sp³-hybridized carbons (Fsp3) is 0.0769. The summed E-state index contributed by atoms with van der Waals surface area (Å²) in [7, 11) is 0. The van der Waals surface area contributed by atoms with Gasteiger partial charge in [0.05, 0.1) is 5.52 Å². The Morgan fingerprint density at radius 1 is 1.18 bits per heavy atom. The van der Waals surface area contributed by atoms with E-state index in [1.54, 1.807) is 6.20 Å². The molecule has 17 heavy (non-hydrogen) atoms. The second-order valence-corrected chi connectivity index (χ2v) is 4.36. The Morgan fingerprint density at radius 3 is 2.71 bits per heavy atom. The third kappa shape index (κ3) is 1.66. The second kappa shape index (κ2) is 3.82. The topological polar surface area (TPSA) is 33.6 Å². The summed E-state index contributed by atoms with van der Waals surface area (Å²) < 4.78 is 2.62. The van der Waals surface area contributed by atoms with Gasteiger partial charge < -0.3 is 4.98 Å². The number of hydrogen-bond acceptors (Lipinski definition) is 2. The number of fused-ring (bicyclic) bond motifs is 1. The summed E-state index contributed by atoms with van der Waals surface area (Å²) in [6.45, 7) is 2.07. The molecule has 4 heteroatoms. The molecular formula is C13H11N3S. The molecule has 0 aliphatic carbocycles. The first kappa shape index (κ1) is 10.2. The van der Waals surface area contributed by atoms with Crippen molar-refractivity contribution in [3.05, 3.63) is 52.9 Å². The number of aromatic nitrogens is 3. The van der Waals surface area contributed by atoms with Crippen molar-refractivity contribution in [2.75, 3.05) is 0 Å². The molecule has 0 amide bonds. The molecule has 3 nitrogen and oxygen atoms in total. The summed E-state index contributed by atoms with van der Waals surface area (Å²) in [6, 6.07) is 12.1. The minimum atomic E-state index is 0.669. The van der Waals surface area contributed by atoms with Gasteiger partial charge >= 0.3 is 0 Å². The van der Waals surface area contributed by atoms with Crippen LogP contribution in [0.4, 0.5) is 0 Å². The number of hydrogen-bond donors (Lipinski definition) is 1. The van der Waals surface area contributed by atoms with Crippen LogP contribution in [0, 0.1) is 11.7 Å². The highest BCUT2D eigenvalue weighted by Gasteiger charge is 2.06. The minimum absolute atomic E-state index is 0.669. The van der Waals surface area contributed by atoms with Gasteiger partial charge in [0.1, 0.15) is 0 Å². The molecule has 0 saturated carbocycles. The zero-order chi connectivity index (χ0) is 11.8. The van der Waals surface area contributed by atoms with Crippen LogP contribution in [-0.2, 0) is 0 Å². The maximum atomic E-state index is 5.34. The quantitative estimate of drug-likeness (QED) is 0.662. The van der Waals surface area contributed by atoms with E-state index >= 15 is 0 Å². The number of imidazole rings is 1. The van der Waals surface area contributed by atoms with Crippen LogP contribution in [0.5, 0.6) is 0 Å². The molecule has 0 radical (unpaired) electrons. The fourth-order valence-electron chi connectivity index (χ4n) is 1.87. The zero-order valence-corrected chi connectivity index (χ0v) is 10.2. The number of benzene rings is 1. The number of pyridine rings is 1. The first-order valence-electron chi connectivity index (χ1n) is 5.38. The molecule has 3 rings (SSSR count). The normalized spacial score (nSPS) is 10.9. The molecule has 0 bridgehead atoms. The lowest BCUT2D eigenvalue weighted by Crippen LogP contribution is -1.95. The van der Waals surface area contributed by atoms with Crippen molar-refractivity contribution in [2.45, 2.75) is 6.92 Å². The Balaban J connectivity index is 2.33. The zero-order valence-electron chi connectivity index (χ0n) is 9.34. The average Bonchev–Trinajstić information content (AvgIpc) is 2.66. The van der Waals surface area contributed by atoms with Gasteiger partial charge in [-0.2, -0.15) is 0 Å². The number of nitrogens with zero attached hydrogens (tertiary/aromatic N) is 2.